The summed E-state index contributed by atoms with van der Waals surface area (Å²) in [5.41, 5.74) is 7.59. The van der Waals surface area contributed by atoms with Gasteiger partial charge >= 0.3 is 0 Å². The van der Waals surface area contributed by atoms with Crippen LogP contribution in [0.3, 0.4) is 0 Å². The molecule has 1 amide bonds. The summed E-state index contributed by atoms with van der Waals surface area (Å²) in [7, 11) is 3.23. The Bertz CT molecular complexity index is 742. The Hall–Kier alpha value is -1.60. The molecule has 0 radical (unpaired) electrons. The molecule has 4 N–H and O–H groups in total. The van der Waals surface area contributed by atoms with Crippen molar-refractivity contribution >= 4 is 28.4 Å². The van der Waals surface area contributed by atoms with Crippen molar-refractivity contribution in [2.24, 2.45) is 5.73 Å². The van der Waals surface area contributed by atoms with E-state index in [-0.39, 0.29) is 18.0 Å². The molecule has 1 fully saturated rings. The van der Waals surface area contributed by atoms with E-state index in [0.29, 0.717) is 30.0 Å². The third-order valence-corrected chi connectivity index (χ3v) is 5.02. The SMILES string of the molecule is COC1(OC)CC[C@H](NC(=O)c2cc3cc(Cl)ccc3[nH]2)[C@H](N)C1. The predicted molar refractivity (Wildman–Crippen MR) is 93.1 cm³/mol. The topological polar surface area (TPSA) is 89.4 Å². The van der Waals surface area contributed by atoms with Gasteiger partial charge < -0.3 is 25.5 Å². The average molecular weight is 352 g/mol. The fourth-order valence-corrected chi connectivity index (χ4v) is 3.48. The summed E-state index contributed by atoms with van der Waals surface area (Å²) < 4.78 is 10.9. The van der Waals surface area contributed by atoms with Gasteiger partial charge in [-0.15, -0.1) is 0 Å². The molecule has 1 aliphatic rings. The number of nitrogens with one attached hydrogen (secondary N) is 2. The minimum Gasteiger partial charge on any atom is -0.353 e. The highest BCUT2D eigenvalue weighted by Crippen LogP contribution is 2.31. The number of rotatable bonds is 4. The molecular weight excluding hydrogens is 330 g/mol. The smallest absolute Gasteiger partial charge is 0.268 e. The molecule has 1 aromatic carbocycles. The fraction of sp³-hybridized carbons (Fsp3) is 0.471. The van der Waals surface area contributed by atoms with Crippen LogP contribution in [0.4, 0.5) is 0 Å². The Morgan fingerprint density at radius 1 is 1.38 bits per heavy atom. The molecule has 0 saturated heterocycles. The third kappa shape index (κ3) is 3.28. The second-order valence-corrected chi connectivity index (χ2v) is 6.66. The minimum absolute atomic E-state index is 0.120. The molecule has 0 unspecified atom stereocenters. The van der Waals surface area contributed by atoms with E-state index in [1.54, 1.807) is 26.4 Å². The first-order valence-corrected chi connectivity index (χ1v) is 8.29. The van der Waals surface area contributed by atoms with Gasteiger partial charge in [-0.25, -0.2) is 0 Å². The van der Waals surface area contributed by atoms with Gasteiger partial charge in [0.1, 0.15) is 5.69 Å². The maximum atomic E-state index is 12.5. The molecule has 24 heavy (non-hydrogen) atoms. The van der Waals surface area contributed by atoms with Crippen molar-refractivity contribution in [3.05, 3.63) is 35.0 Å². The molecule has 1 aromatic heterocycles. The van der Waals surface area contributed by atoms with Crippen molar-refractivity contribution in [3.8, 4) is 0 Å². The number of carbonyl (C=O) groups excluding carboxylic acids is 1. The number of aromatic amines is 1. The van der Waals surface area contributed by atoms with Gasteiger partial charge in [0, 0.05) is 55.1 Å². The molecule has 0 bridgehead atoms. The Morgan fingerprint density at radius 3 is 2.79 bits per heavy atom. The van der Waals surface area contributed by atoms with Crippen LogP contribution in [0.1, 0.15) is 29.8 Å². The first kappa shape index (κ1) is 17.2. The van der Waals surface area contributed by atoms with Crippen molar-refractivity contribution < 1.29 is 14.3 Å². The van der Waals surface area contributed by atoms with E-state index < -0.39 is 5.79 Å². The van der Waals surface area contributed by atoms with Crippen molar-refractivity contribution in [1.29, 1.82) is 0 Å². The van der Waals surface area contributed by atoms with Crippen LogP contribution >= 0.6 is 11.6 Å². The van der Waals surface area contributed by atoms with Crippen LogP contribution in [-0.4, -0.2) is 43.0 Å². The normalized spacial score (nSPS) is 23.3. The van der Waals surface area contributed by atoms with Crippen LogP contribution in [-0.2, 0) is 9.47 Å². The number of benzene rings is 1. The van der Waals surface area contributed by atoms with E-state index in [2.05, 4.69) is 10.3 Å². The summed E-state index contributed by atoms with van der Waals surface area (Å²) in [6.07, 6.45) is 1.91. The van der Waals surface area contributed by atoms with Crippen molar-refractivity contribution in [2.45, 2.75) is 37.1 Å². The molecule has 3 rings (SSSR count). The molecule has 1 heterocycles. The number of H-pyrrole nitrogens is 1. The highest BCUT2D eigenvalue weighted by Gasteiger charge is 2.40. The molecule has 130 valence electrons. The highest BCUT2D eigenvalue weighted by atomic mass is 35.5. The lowest BCUT2D eigenvalue weighted by Crippen LogP contribution is -2.56. The largest absolute Gasteiger partial charge is 0.353 e. The zero-order chi connectivity index (χ0) is 17.3. The van der Waals surface area contributed by atoms with Gasteiger partial charge in [0.2, 0.25) is 0 Å². The minimum atomic E-state index is -0.654. The van der Waals surface area contributed by atoms with E-state index in [1.807, 2.05) is 12.1 Å². The maximum absolute atomic E-state index is 12.5. The molecule has 2 atom stereocenters. The van der Waals surface area contributed by atoms with E-state index in [9.17, 15) is 4.79 Å². The Kier molecular flexibility index (Phi) is 4.83. The van der Waals surface area contributed by atoms with Crippen LogP contribution in [0.5, 0.6) is 0 Å². The summed E-state index contributed by atoms with van der Waals surface area (Å²) in [5, 5.41) is 4.55. The third-order valence-electron chi connectivity index (χ3n) is 4.79. The number of halogens is 1. The molecule has 0 spiro atoms. The molecule has 0 aliphatic heterocycles. The highest BCUT2D eigenvalue weighted by molar-refractivity contribution is 6.31. The molecule has 1 aliphatic carbocycles. The fourth-order valence-electron chi connectivity index (χ4n) is 3.30. The Labute approximate surface area is 145 Å². The van der Waals surface area contributed by atoms with E-state index in [4.69, 9.17) is 26.8 Å². The van der Waals surface area contributed by atoms with Gasteiger partial charge in [-0.05, 0) is 30.7 Å². The first-order valence-electron chi connectivity index (χ1n) is 7.91. The molecule has 7 heteroatoms. The van der Waals surface area contributed by atoms with Crippen molar-refractivity contribution in [3.63, 3.8) is 0 Å². The summed E-state index contributed by atoms with van der Waals surface area (Å²) >= 11 is 5.98. The zero-order valence-corrected chi connectivity index (χ0v) is 14.5. The number of hydrogen-bond acceptors (Lipinski definition) is 4. The lowest BCUT2D eigenvalue weighted by molar-refractivity contribution is -0.227. The maximum Gasteiger partial charge on any atom is 0.268 e. The summed E-state index contributed by atoms with van der Waals surface area (Å²) in [4.78, 5) is 15.6. The standard InChI is InChI=1S/C17H22ClN3O3/c1-23-17(24-2)6-5-14(12(19)9-17)21-16(22)15-8-10-7-11(18)3-4-13(10)20-15/h3-4,7-8,12,14,20H,5-6,9,19H2,1-2H3,(H,21,22)/t12-,14+/m1/s1. The van der Waals surface area contributed by atoms with Crippen LogP contribution in [0.25, 0.3) is 10.9 Å². The number of ether oxygens (including phenoxy) is 2. The first-order chi connectivity index (χ1) is 11.5. The summed E-state index contributed by atoms with van der Waals surface area (Å²) in [6, 6.07) is 6.90. The molecule has 2 aromatic rings. The van der Waals surface area contributed by atoms with Gasteiger partial charge in [0.05, 0.1) is 0 Å². The lowest BCUT2D eigenvalue weighted by Gasteiger charge is -2.41. The number of amides is 1. The number of methoxy groups -OCH3 is 2. The van der Waals surface area contributed by atoms with Crippen LogP contribution in [0.2, 0.25) is 5.02 Å². The van der Waals surface area contributed by atoms with Crippen LogP contribution in [0, 0.1) is 0 Å². The van der Waals surface area contributed by atoms with E-state index in [1.165, 1.54) is 0 Å². The number of hydrogen-bond donors (Lipinski definition) is 3. The van der Waals surface area contributed by atoms with Crippen LogP contribution in [0.15, 0.2) is 24.3 Å². The van der Waals surface area contributed by atoms with Crippen molar-refractivity contribution in [1.82, 2.24) is 10.3 Å². The van der Waals surface area contributed by atoms with Gasteiger partial charge in [0.25, 0.3) is 5.91 Å². The quantitative estimate of drug-likeness (QED) is 0.738. The lowest BCUT2D eigenvalue weighted by atomic mass is 9.86. The van der Waals surface area contributed by atoms with E-state index >= 15 is 0 Å². The molecule has 1 saturated carbocycles. The van der Waals surface area contributed by atoms with Gasteiger partial charge in [-0.1, -0.05) is 11.6 Å². The number of nitrogens with two attached hydrogens (primary N) is 1. The van der Waals surface area contributed by atoms with Crippen molar-refractivity contribution in [2.75, 3.05) is 14.2 Å². The monoisotopic (exact) mass is 351 g/mol. The Morgan fingerprint density at radius 2 is 2.12 bits per heavy atom. The molecular formula is C17H22ClN3O3. The van der Waals surface area contributed by atoms with Gasteiger partial charge in [-0.3, -0.25) is 4.79 Å². The van der Waals surface area contributed by atoms with Gasteiger partial charge in [0.15, 0.2) is 5.79 Å². The Balaban J connectivity index is 1.70. The summed E-state index contributed by atoms with van der Waals surface area (Å²) in [6.45, 7) is 0. The second-order valence-electron chi connectivity index (χ2n) is 6.22. The number of carbonyl (C=O) groups is 1. The number of aromatic nitrogens is 1. The van der Waals surface area contributed by atoms with Crippen LogP contribution < -0.4 is 11.1 Å². The summed E-state index contributed by atoms with van der Waals surface area (Å²) in [5.74, 6) is -0.830. The number of fused-ring (bicyclic) bond motifs is 1. The predicted octanol–water partition coefficient (Wildman–Crippen LogP) is 2.42. The average Bonchev–Trinajstić information content (AvgIpc) is 3.00. The molecule has 6 nitrogen and oxygen atoms in total. The van der Waals surface area contributed by atoms with E-state index in [0.717, 1.165) is 10.9 Å². The van der Waals surface area contributed by atoms with Gasteiger partial charge in [-0.2, -0.15) is 0 Å². The zero-order valence-electron chi connectivity index (χ0n) is 13.8. The second kappa shape index (κ2) is 6.72.